The summed E-state index contributed by atoms with van der Waals surface area (Å²) in [6, 6.07) is 5.65. The molecule has 0 bridgehead atoms. The SMILES string of the molecule is CC(=O)c1cccc(CN2CCNCC2)n1. The zero-order valence-corrected chi connectivity index (χ0v) is 9.57. The molecule has 2 heterocycles. The second-order valence-corrected chi connectivity index (χ2v) is 4.10. The highest BCUT2D eigenvalue weighted by Crippen LogP contribution is 2.05. The van der Waals surface area contributed by atoms with Crippen molar-refractivity contribution in [2.24, 2.45) is 0 Å². The Balaban J connectivity index is 2.02. The van der Waals surface area contributed by atoms with E-state index in [1.807, 2.05) is 12.1 Å². The van der Waals surface area contributed by atoms with Gasteiger partial charge in [-0.05, 0) is 12.1 Å². The Kier molecular flexibility index (Phi) is 3.64. The molecule has 4 nitrogen and oxygen atoms in total. The summed E-state index contributed by atoms with van der Waals surface area (Å²) in [4.78, 5) is 17.9. The number of piperazine rings is 1. The Bertz CT molecular complexity index is 372. The van der Waals surface area contributed by atoms with Gasteiger partial charge in [0.2, 0.25) is 0 Å². The van der Waals surface area contributed by atoms with Gasteiger partial charge in [0, 0.05) is 39.6 Å². The molecule has 86 valence electrons. The minimum atomic E-state index is 0.0298. The third-order valence-electron chi connectivity index (χ3n) is 2.76. The number of hydrogen-bond acceptors (Lipinski definition) is 4. The number of nitrogens with one attached hydrogen (secondary N) is 1. The molecule has 2 rings (SSSR count). The van der Waals surface area contributed by atoms with Crippen LogP contribution in [0.15, 0.2) is 18.2 Å². The summed E-state index contributed by atoms with van der Waals surface area (Å²) in [5.74, 6) is 0.0298. The molecule has 0 atom stereocenters. The smallest absolute Gasteiger partial charge is 0.178 e. The van der Waals surface area contributed by atoms with Crippen molar-refractivity contribution >= 4 is 5.78 Å². The topological polar surface area (TPSA) is 45.2 Å². The highest BCUT2D eigenvalue weighted by atomic mass is 16.1. The molecule has 0 unspecified atom stereocenters. The van der Waals surface area contributed by atoms with Crippen LogP contribution in [0.1, 0.15) is 23.1 Å². The average molecular weight is 219 g/mol. The molecule has 1 aromatic heterocycles. The highest BCUT2D eigenvalue weighted by molar-refractivity contribution is 5.92. The molecular weight excluding hydrogens is 202 g/mol. The van der Waals surface area contributed by atoms with Crippen LogP contribution < -0.4 is 5.32 Å². The van der Waals surface area contributed by atoms with Gasteiger partial charge >= 0.3 is 0 Å². The van der Waals surface area contributed by atoms with Crippen LogP contribution in [0.5, 0.6) is 0 Å². The standard InChI is InChI=1S/C12H17N3O/c1-10(16)12-4-2-3-11(14-12)9-15-7-5-13-6-8-15/h2-4,13H,5-9H2,1H3. The molecule has 1 aliphatic rings. The number of hydrogen-bond donors (Lipinski definition) is 1. The minimum absolute atomic E-state index is 0.0298. The summed E-state index contributed by atoms with van der Waals surface area (Å²) in [6.45, 7) is 6.55. The third-order valence-corrected chi connectivity index (χ3v) is 2.76. The first-order valence-corrected chi connectivity index (χ1v) is 5.65. The molecule has 4 heteroatoms. The van der Waals surface area contributed by atoms with Crippen molar-refractivity contribution in [3.63, 3.8) is 0 Å². The van der Waals surface area contributed by atoms with E-state index in [-0.39, 0.29) is 5.78 Å². The van der Waals surface area contributed by atoms with Crippen LogP contribution in [0.25, 0.3) is 0 Å². The van der Waals surface area contributed by atoms with Crippen molar-refractivity contribution in [3.05, 3.63) is 29.6 Å². The third kappa shape index (κ3) is 2.87. The van der Waals surface area contributed by atoms with Gasteiger partial charge in [0.1, 0.15) is 5.69 Å². The van der Waals surface area contributed by atoms with Crippen LogP contribution in [-0.2, 0) is 6.54 Å². The lowest BCUT2D eigenvalue weighted by Crippen LogP contribution is -2.43. The molecule has 1 N–H and O–H groups in total. The van der Waals surface area contributed by atoms with E-state index in [1.165, 1.54) is 0 Å². The van der Waals surface area contributed by atoms with Gasteiger partial charge in [0.15, 0.2) is 5.78 Å². The fourth-order valence-corrected chi connectivity index (χ4v) is 1.86. The second kappa shape index (κ2) is 5.18. The molecule has 1 aromatic rings. The second-order valence-electron chi connectivity index (χ2n) is 4.10. The minimum Gasteiger partial charge on any atom is -0.314 e. The molecular formula is C12H17N3O. The molecule has 1 fully saturated rings. The van der Waals surface area contributed by atoms with Gasteiger partial charge in [-0.25, -0.2) is 4.98 Å². The van der Waals surface area contributed by atoms with Crippen molar-refractivity contribution < 1.29 is 4.79 Å². The van der Waals surface area contributed by atoms with Crippen LogP contribution in [-0.4, -0.2) is 41.8 Å². The normalized spacial score (nSPS) is 17.3. The van der Waals surface area contributed by atoms with Crippen LogP contribution in [0.4, 0.5) is 0 Å². The van der Waals surface area contributed by atoms with Crippen LogP contribution >= 0.6 is 0 Å². The maximum absolute atomic E-state index is 11.2. The van der Waals surface area contributed by atoms with Crippen LogP contribution in [0.3, 0.4) is 0 Å². The first kappa shape index (κ1) is 11.2. The lowest BCUT2D eigenvalue weighted by Gasteiger charge is -2.26. The van der Waals surface area contributed by atoms with E-state index >= 15 is 0 Å². The van der Waals surface area contributed by atoms with E-state index in [9.17, 15) is 4.79 Å². The molecule has 1 saturated heterocycles. The van der Waals surface area contributed by atoms with E-state index in [0.29, 0.717) is 5.69 Å². The summed E-state index contributed by atoms with van der Waals surface area (Å²) >= 11 is 0. The zero-order valence-electron chi connectivity index (χ0n) is 9.57. The van der Waals surface area contributed by atoms with Crippen molar-refractivity contribution in [1.29, 1.82) is 0 Å². The van der Waals surface area contributed by atoms with Crippen molar-refractivity contribution in [2.45, 2.75) is 13.5 Å². The summed E-state index contributed by atoms with van der Waals surface area (Å²) in [6.07, 6.45) is 0. The number of pyridine rings is 1. The van der Waals surface area contributed by atoms with E-state index in [2.05, 4.69) is 15.2 Å². The fourth-order valence-electron chi connectivity index (χ4n) is 1.86. The summed E-state index contributed by atoms with van der Waals surface area (Å²) < 4.78 is 0. The van der Waals surface area contributed by atoms with Crippen LogP contribution in [0.2, 0.25) is 0 Å². The zero-order chi connectivity index (χ0) is 11.4. The molecule has 0 amide bonds. The monoisotopic (exact) mass is 219 g/mol. The first-order chi connectivity index (χ1) is 7.75. The summed E-state index contributed by atoms with van der Waals surface area (Å²) in [7, 11) is 0. The average Bonchev–Trinajstić information content (AvgIpc) is 2.30. The van der Waals surface area contributed by atoms with E-state index in [1.54, 1.807) is 13.0 Å². The molecule has 0 aromatic carbocycles. The van der Waals surface area contributed by atoms with E-state index in [0.717, 1.165) is 38.4 Å². The largest absolute Gasteiger partial charge is 0.314 e. The fraction of sp³-hybridized carbons (Fsp3) is 0.500. The Morgan fingerprint density at radius 2 is 2.19 bits per heavy atom. The lowest BCUT2D eigenvalue weighted by molar-refractivity contribution is 0.101. The van der Waals surface area contributed by atoms with E-state index in [4.69, 9.17) is 0 Å². The number of carbonyl (C=O) groups excluding carboxylic acids is 1. The summed E-state index contributed by atoms with van der Waals surface area (Å²) in [5.41, 5.74) is 1.54. The number of aromatic nitrogens is 1. The number of carbonyl (C=O) groups is 1. The van der Waals surface area contributed by atoms with Gasteiger partial charge in [0.25, 0.3) is 0 Å². The van der Waals surface area contributed by atoms with Crippen LogP contribution in [0, 0.1) is 0 Å². The van der Waals surface area contributed by atoms with E-state index < -0.39 is 0 Å². The van der Waals surface area contributed by atoms with Gasteiger partial charge in [-0.2, -0.15) is 0 Å². The molecule has 16 heavy (non-hydrogen) atoms. The molecule has 0 radical (unpaired) electrons. The predicted molar refractivity (Wildman–Crippen MR) is 62.4 cm³/mol. The predicted octanol–water partition coefficient (Wildman–Crippen LogP) is 0.689. The van der Waals surface area contributed by atoms with Crippen molar-refractivity contribution in [1.82, 2.24) is 15.2 Å². The Morgan fingerprint density at radius 3 is 2.88 bits per heavy atom. The van der Waals surface area contributed by atoms with Gasteiger partial charge in [0.05, 0.1) is 5.69 Å². The lowest BCUT2D eigenvalue weighted by atomic mass is 10.2. The van der Waals surface area contributed by atoms with Gasteiger partial charge in [-0.15, -0.1) is 0 Å². The van der Waals surface area contributed by atoms with Gasteiger partial charge < -0.3 is 5.32 Å². The van der Waals surface area contributed by atoms with Gasteiger partial charge in [-0.3, -0.25) is 9.69 Å². The number of rotatable bonds is 3. The highest BCUT2D eigenvalue weighted by Gasteiger charge is 2.11. The number of nitrogens with zero attached hydrogens (tertiary/aromatic N) is 2. The quantitative estimate of drug-likeness (QED) is 0.760. The molecule has 0 aliphatic carbocycles. The Labute approximate surface area is 95.7 Å². The maximum Gasteiger partial charge on any atom is 0.178 e. The van der Waals surface area contributed by atoms with Crippen molar-refractivity contribution in [3.8, 4) is 0 Å². The Hall–Kier alpha value is -1.26. The number of Topliss-reactive ketones (excluding diaryl/α,β-unsaturated/α-hetero) is 1. The maximum atomic E-state index is 11.2. The van der Waals surface area contributed by atoms with Crippen molar-refractivity contribution in [2.75, 3.05) is 26.2 Å². The first-order valence-electron chi connectivity index (χ1n) is 5.65. The summed E-state index contributed by atoms with van der Waals surface area (Å²) in [5, 5.41) is 3.31. The molecule has 0 spiro atoms. The molecule has 0 saturated carbocycles. The molecule has 1 aliphatic heterocycles. The number of ketones is 1. The van der Waals surface area contributed by atoms with Gasteiger partial charge in [-0.1, -0.05) is 6.07 Å². The Morgan fingerprint density at radius 1 is 1.44 bits per heavy atom.